The standard InChI is InChI=1S/C14H17FN4S/c1-9-12(13(16)20)14(19(3)17-9)18(2)8-10-5-4-6-11(15)7-10/h4-7H,8H2,1-3H3,(H2,16,20). The summed E-state index contributed by atoms with van der Waals surface area (Å²) in [5, 5.41) is 4.35. The van der Waals surface area contributed by atoms with E-state index in [2.05, 4.69) is 5.10 Å². The molecule has 1 aromatic heterocycles. The average molecular weight is 292 g/mol. The van der Waals surface area contributed by atoms with E-state index in [1.54, 1.807) is 10.7 Å². The lowest BCUT2D eigenvalue weighted by Gasteiger charge is -2.21. The molecule has 0 aliphatic rings. The molecule has 2 N–H and O–H groups in total. The van der Waals surface area contributed by atoms with Crippen molar-refractivity contribution in [1.82, 2.24) is 9.78 Å². The number of benzene rings is 1. The number of aryl methyl sites for hydroxylation is 2. The summed E-state index contributed by atoms with van der Waals surface area (Å²) in [7, 11) is 3.75. The van der Waals surface area contributed by atoms with Crippen molar-refractivity contribution in [2.45, 2.75) is 13.5 Å². The number of anilines is 1. The van der Waals surface area contributed by atoms with Gasteiger partial charge in [0.1, 0.15) is 16.6 Å². The van der Waals surface area contributed by atoms with Crippen LogP contribution in [0.4, 0.5) is 10.2 Å². The molecule has 106 valence electrons. The number of nitrogens with two attached hydrogens (primary N) is 1. The molecule has 0 unspecified atom stereocenters. The van der Waals surface area contributed by atoms with Gasteiger partial charge in [-0.15, -0.1) is 0 Å². The van der Waals surface area contributed by atoms with Gasteiger partial charge in [-0.05, 0) is 24.6 Å². The van der Waals surface area contributed by atoms with Crippen molar-refractivity contribution in [3.8, 4) is 0 Å². The molecular formula is C14H17FN4S. The Balaban J connectivity index is 2.34. The first-order valence-electron chi connectivity index (χ1n) is 6.19. The van der Waals surface area contributed by atoms with Gasteiger partial charge in [0.2, 0.25) is 0 Å². The number of nitrogens with zero attached hydrogens (tertiary/aromatic N) is 3. The van der Waals surface area contributed by atoms with E-state index in [9.17, 15) is 4.39 Å². The fraction of sp³-hybridized carbons (Fsp3) is 0.286. The Morgan fingerprint density at radius 2 is 2.20 bits per heavy atom. The van der Waals surface area contributed by atoms with Crippen LogP contribution in [0.2, 0.25) is 0 Å². The topological polar surface area (TPSA) is 47.1 Å². The third-order valence-corrected chi connectivity index (χ3v) is 3.31. The van der Waals surface area contributed by atoms with Crippen molar-refractivity contribution < 1.29 is 4.39 Å². The van der Waals surface area contributed by atoms with Gasteiger partial charge in [0.25, 0.3) is 0 Å². The van der Waals surface area contributed by atoms with Gasteiger partial charge < -0.3 is 10.6 Å². The minimum atomic E-state index is -0.244. The molecule has 20 heavy (non-hydrogen) atoms. The summed E-state index contributed by atoms with van der Waals surface area (Å²) in [6, 6.07) is 6.52. The van der Waals surface area contributed by atoms with E-state index in [0.717, 1.165) is 22.6 Å². The van der Waals surface area contributed by atoms with Crippen LogP contribution in [0.3, 0.4) is 0 Å². The fourth-order valence-corrected chi connectivity index (χ4v) is 2.60. The third-order valence-electron chi connectivity index (χ3n) is 3.11. The molecule has 0 aliphatic carbocycles. The normalized spacial score (nSPS) is 10.6. The van der Waals surface area contributed by atoms with E-state index in [4.69, 9.17) is 18.0 Å². The molecule has 0 bridgehead atoms. The molecule has 6 heteroatoms. The molecule has 0 saturated carbocycles. The zero-order chi connectivity index (χ0) is 14.9. The highest BCUT2D eigenvalue weighted by Crippen LogP contribution is 2.23. The molecule has 1 heterocycles. The zero-order valence-electron chi connectivity index (χ0n) is 11.7. The van der Waals surface area contributed by atoms with Crippen LogP contribution < -0.4 is 10.6 Å². The zero-order valence-corrected chi connectivity index (χ0v) is 12.5. The molecule has 0 radical (unpaired) electrons. The van der Waals surface area contributed by atoms with Gasteiger partial charge in [0.15, 0.2) is 0 Å². The van der Waals surface area contributed by atoms with Gasteiger partial charge in [-0.25, -0.2) is 4.39 Å². The smallest absolute Gasteiger partial charge is 0.137 e. The van der Waals surface area contributed by atoms with Crippen molar-refractivity contribution in [3.63, 3.8) is 0 Å². The molecule has 2 aromatic rings. The molecular weight excluding hydrogens is 275 g/mol. The van der Waals surface area contributed by atoms with Gasteiger partial charge in [0, 0.05) is 20.6 Å². The molecule has 1 aromatic carbocycles. The quantitative estimate of drug-likeness (QED) is 0.877. The highest BCUT2D eigenvalue weighted by atomic mass is 32.1. The first-order valence-corrected chi connectivity index (χ1v) is 6.60. The third kappa shape index (κ3) is 2.80. The molecule has 0 aliphatic heterocycles. The van der Waals surface area contributed by atoms with Crippen molar-refractivity contribution in [1.29, 1.82) is 0 Å². The largest absolute Gasteiger partial charge is 0.389 e. The number of aromatic nitrogens is 2. The van der Waals surface area contributed by atoms with E-state index in [1.165, 1.54) is 12.1 Å². The summed E-state index contributed by atoms with van der Waals surface area (Å²) < 4.78 is 15.0. The highest BCUT2D eigenvalue weighted by molar-refractivity contribution is 7.80. The van der Waals surface area contributed by atoms with Gasteiger partial charge in [-0.2, -0.15) is 5.10 Å². The Labute approximate surface area is 123 Å². The summed E-state index contributed by atoms with van der Waals surface area (Å²) in [6.07, 6.45) is 0. The van der Waals surface area contributed by atoms with Crippen LogP contribution >= 0.6 is 12.2 Å². The Bertz CT molecular complexity index is 651. The first kappa shape index (κ1) is 14.5. The lowest BCUT2D eigenvalue weighted by atomic mass is 10.2. The van der Waals surface area contributed by atoms with Gasteiger partial charge in [-0.3, -0.25) is 4.68 Å². The van der Waals surface area contributed by atoms with Crippen molar-refractivity contribution >= 4 is 23.0 Å². The number of thiocarbonyl (C=S) groups is 1. The maximum Gasteiger partial charge on any atom is 0.137 e. The van der Waals surface area contributed by atoms with Crippen molar-refractivity contribution in [2.24, 2.45) is 12.8 Å². The second-order valence-corrected chi connectivity index (χ2v) is 5.20. The lowest BCUT2D eigenvalue weighted by Crippen LogP contribution is -2.23. The van der Waals surface area contributed by atoms with E-state index in [0.29, 0.717) is 11.5 Å². The number of rotatable bonds is 4. The van der Waals surface area contributed by atoms with E-state index in [1.807, 2.05) is 32.0 Å². The van der Waals surface area contributed by atoms with E-state index in [-0.39, 0.29) is 5.82 Å². The van der Waals surface area contributed by atoms with Gasteiger partial charge in [-0.1, -0.05) is 24.4 Å². The van der Waals surface area contributed by atoms with Crippen LogP contribution in [0, 0.1) is 12.7 Å². The number of hydrogen-bond donors (Lipinski definition) is 1. The van der Waals surface area contributed by atoms with Crippen LogP contribution in [0.15, 0.2) is 24.3 Å². The Hall–Kier alpha value is -1.95. The van der Waals surface area contributed by atoms with Crippen molar-refractivity contribution in [2.75, 3.05) is 11.9 Å². The Kier molecular flexibility index (Phi) is 4.04. The predicted molar refractivity (Wildman–Crippen MR) is 82.3 cm³/mol. The molecule has 2 rings (SSSR count). The van der Waals surface area contributed by atoms with Crippen LogP contribution in [-0.4, -0.2) is 21.8 Å². The molecule has 0 fully saturated rings. The summed E-state index contributed by atoms with van der Waals surface area (Å²) >= 11 is 5.09. The molecule has 0 saturated heterocycles. The maximum absolute atomic E-state index is 13.2. The van der Waals surface area contributed by atoms with Gasteiger partial charge >= 0.3 is 0 Å². The van der Waals surface area contributed by atoms with Crippen LogP contribution in [0.5, 0.6) is 0 Å². The minimum absolute atomic E-state index is 0.244. The summed E-state index contributed by atoms with van der Waals surface area (Å²) in [4.78, 5) is 2.28. The predicted octanol–water partition coefficient (Wildman–Crippen LogP) is 2.14. The first-order chi connectivity index (χ1) is 9.40. The highest BCUT2D eigenvalue weighted by Gasteiger charge is 2.19. The summed E-state index contributed by atoms with van der Waals surface area (Å²) in [5.74, 6) is 0.589. The van der Waals surface area contributed by atoms with E-state index >= 15 is 0 Å². The molecule has 0 spiro atoms. The average Bonchev–Trinajstić information content (AvgIpc) is 2.64. The van der Waals surface area contributed by atoms with Crippen LogP contribution in [0.1, 0.15) is 16.8 Å². The Morgan fingerprint density at radius 3 is 2.80 bits per heavy atom. The van der Waals surface area contributed by atoms with Crippen LogP contribution in [-0.2, 0) is 13.6 Å². The fourth-order valence-electron chi connectivity index (χ4n) is 2.36. The summed E-state index contributed by atoms with van der Waals surface area (Å²) in [5.41, 5.74) is 8.21. The lowest BCUT2D eigenvalue weighted by molar-refractivity contribution is 0.624. The second-order valence-electron chi connectivity index (χ2n) is 4.76. The molecule has 0 amide bonds. The molecule has 4 nitrogen and oxygen atoms in total. The van der Waals surface area contributed by atoms with E-state index < -0.39 is 0 Å². The van der Waals surface area contributed by atoms with Gasteiger partial charge in [0.05, 0.1) is 11.3 Å². The number of halogens is 1. The Morgan fingerprint density at radius 1 is 1.50 bits per heavy atom. The van der Waals surface area contributed by atoms with Crippen molar-refractivity contribution in [3.05, 3.63) is 46.9 Å². The molecule has 0 atom stereocenters. The monoisotopic (exact) mass is 292 g/mol. The SMILES string of the molecule is Cc1nn(C)c(N(C)Cc2cccc(F)c2)c1C(N)=S. The van der Waals surface area contributed by atoms with Crippen LogP contribution in [0.25, 0.3) is 0 Å². The second kappa shape index (κ2) is 5.58. The minimum Gasteiger partial charge on any atom is -0.389 e. The number of hydrogen-bond acceptors (Lipinski definition) is 3. The summed E-state index contributed by atoms with van der Waals surface area (Å²) in [6.45, 7) is 2.42. The maximum atomic E-state index is 13.2.